The Labute approximate surface area is 118 Å². The lowest BCUT2D eigenvalue weighted by Crippen LogP contribution is -2.33. The van der Waals surface area contributed by atoms with Crippen LogP contribution in [0.5, 0.6) is 0 Å². The Morgan fingerprint density at radius 3 is 2.50 bits per heavy atom. The molecule has 1 N–H and O–H groups in total. The van der Waals surface area contributed by atoms with E-state index in [2.05, 4.69) is 5.10 Å². The van der Waals surface area contributed by atoms with Gasteiger partial charge in [0, 0.05) is 31.4 Å². The monoisotopic (exact) mass is 279 g/mol. The first-order valence-electron chi connectivity index (χ1n) is 6.84. The average molecular weight is 279 g/mol. The first-order valence-corrected chi connectivity index (χ1v) is 6.84. The fourth-order valence-electron chi connectivity index (χ4n) is 2.98. The topological polar surface area (TPSA) is 75.4 Å². The molecule has 2 atom stereocenters. The number of carboxylic acid groups (broad SMARTS) is 1. The SMILES string of the molecule is Cc1nn(C)c(C)c1C(C)C(=O)N1CCC(C(=O)O)C1. The summed E-state index contributed by atoms with van der Waals surface area (Å²) in [6.07, 6.45) is 0.540. The highest BCUT2D eigenvalue weighted by molar-refractivity contribution is 5.85. The van der Waals surface area contributed by atoms with Crippen LogP contribution in [0.4, 0.5) is 0 Å². The number of aryl methyl sites for hydroxylation is 2. The summed E-state index contributed by atoms with van der Waals surface area (Å²) >= 11 is 0. The predicted molar refractivity (Wildman–Crippen MR) is 73.4 cm³/mol. The summed E-state index contributed by atoms with van der Waals surface area (Å²) in [6, 6.07) is 0. The summed E-state index contributed by atoms with van der Waals surface area (Å²) in [5.74, 6) is -1.53. The van der Waals surface area contributed by atoms with Gasteiger partial charge in [-0.2, -0.15) is 5.10 Å². The molecule has 1 aromatic rings. The van der Waals surface area contributed by atoms with Crippen molar-refractivity contribution in [1.82, 2.24) is 14.7 Å². The Bertz CT molecular complexity index is 550. The summed E-state index contributed by atoms with van der Waals surface area (Å²) < 4.78 is 1.78. The zero-order valence-corrected chi connectivity index (χ0v) is 12.4. The molecular weight excluding hydrogens is 258 g/mol. The molecule has 1 saturated heterocycles. The molecule has 110 valence electrons. The number of hydrogen-bond acceptors (Lipinski definition) is 3. The van der Waals surface area contributed by atoms with Crippen LogP contribution in [0.1, 0.15) is 36.2 Å². The molecular formula is C14H21N3O3. The summed E-state index contributed by atoms with van der Waals surface area (Å²) in [6.45, 7) is 6.56. The summed E-state index contributed by atoms with van der Waals surface area (Å²) in [5.41, 5.74) is 2.80. The maximum Gasteiger partial charge on any atom is 0.308 e. The molecule has 1 aliphatic rings. The van der Waals surface area contributed by atoms with Crippen LogP contribution in [0.2, 0.25) is 0 Å². The normalized spacial score (nSPS) is 20.2. The van der Waals surface area contributed by atoms with Crippen molar-refractivity contribution in [3.8, 4) is 0 Å². The van der Waals surface area contributed by atoms with Crippen molar-refractivity contribution in [3.63, 3.8) is 0 Å². The Balaban J connectivity index is 2.15. The van der Waals surface area contributed by atoms with Gasteiger partial charge in [-0.15, -0.1) is 0 Å². The van der Waals surface area contributed by atoms with Crippen molar-refractivity contribution in [2.24, 2.45) is 13.0 Å². The number of carbonyl (C=O) groups is 2. The van der Waals surface area contributed by atoms with Gasteiger partial charge in [-0.25, -0.2) is 0 Å². The number of carbonyl (C=O) groups excluding carboxylic acids is 1. The van der Waals surface area contributed by atoms with Crippen molar-refractivity contribution in [2.75, 3.05) is 13.1 Å². The third-order valence-corrected chi connectivity index (χ3v) is 4.22. The van der Waals surface area contributed by atoms with E-state index in [0.717, 1.165) is 17.0 Å². The van der Waals surface area contributed by atoms with Crippen LogP contribution in [0.15, 0.2) is 0 Å². The first kappa shape index (κ1) is 14.6. The van der Waals surface area contributed by atoms with Gasteiger partial charge >= 0.3 is 5.97 Å². The Hall–Kier alpha value is -1.85. The lowest BCUT2D eigenvalue weighted by atomic mass is 9.97. The maximum atomic E-state index is 12.5. The van der Waals surface area contributed by atoms with Gasteiger partial charge < -0.3 is 10.0 Å². The summed E-state index contributed by atoms with van der Waals surface area (Å²) in [5, 5.41) is 13.3. The summed E-state index contributed by atoms with van der Waals surface area (Å²) in [4.78, 5) is 25.2. The number of hydrogen-bond donors (Lipinski definition) is 1. The quantitative estimate of drug-likeness (QED) is 0.898. The van der Waals surface area contributed by atoms with E-state index in [-0.39, 0.29) is 11.8 Å². The standard InChI is InChI=1S/C14H21N3O3/c1-8(12-9(2)15-16(4)10(12)3)13(18)17-6-5-11(7-17)14(19)20/h8,11H,5-7H2,1-4H3,(H,19,20). The second-order valence-electron chi connectivity index (χ2n) is 5.54. The van der Waals surface area contributed by atoms with Gasteiger partial charge in [0.15, 0.2) is 0 Å². The fourth-order valence-corrected chi connectivity index (χ4v) is 2.98. The fraction of sp³-hybridized carbons (Fsp3) is 0.643. The van der Waals surface area contributed by atoms with Crippen LogP contribution in [0.3, 0.4) is 0 Å². The van der Waals surface area contributed by atoms with Crippen molar-refractivity contribution >= 4 is 11.9 Å². The Morgan fingerprint density at radius 2 is 2.05 bits per heavy atom. The Morgan fingerprint density at radius 1 is 1.40 bits per heavy atom. The van der Waals surface area contributed by atoms with Crippen LogP contribution in [0, 0.1) is 19.8 Å². The predicted octanol–water partition coefficient (Wildman–Crippen LogP) is 1.07. The molecule has 6 nitrogen and oxygen atoms in total. The molecule has 6 heteroatoms. The molecule has 0 radical (unpaired) electrons. The highest BCUT2D eigenvalue weighted by atomic mass is 16.4. The minimum absolute atomic E-state index is 0.00653. The van der Waals surface area contributed by atoms with E-state index >= 15 is 0 Å². The van der Waals surface area contributed by atoms with E-state index < -0.39 is 11.9 Å². The van der Waals surface area contributed by atoms with E-state index in [1.54, 1.807) is 9.58 Å². The Kier molecular flexibility index (Phi) is 3.83. The van der Waals surface area contributed by atoms with Gasteiger partial charge in [-0.1, -0.05) is 0 Å². The van der Waals surface area contributed by atoms with Crippen LogP contribution < -0.4 is 0 Å². The van der Waals surface area contributed by atoms with E-state index in [1.807, 2.05) is 27.8 Å². The lowest BCUT2D eigenvalue weighted by Gasteiger charge is -2.21. The van der Waals surface area contributed by atoms with Crippen LogP contribution in [-0.2, 0) is 16.6 Å². The van der Waals surface area contributed by atoms with Gasteiger partial charge in [0.25, 0.3) is 0 Å². The highest BCUT2D eigenvalue weighted by Gasteiger charge is 2.34. The minimum Gasteiger partial charge on any atom is -0.481 e. The number of carboxylic acids is 1. The molecule has 0 aromatic carbocycles. The molecule has 20 heavy (non-hydrogen) atoms. The zero-order valence-electron chi connectivity index (χ0n) is 12.4. The second kappa shape index (κ2) is 5.26. The molecule has 2 unspecified atom stereocenters. The molecule has 2 rings (SSSR count). The number of amides is 1. The van der Waals surface area contributed by atoms with Gasteiger partial charge in [0.2, 0.25) is 5.91 Å². The molecule has 0 aliphatic carbocycles. The number of aromatic nitrogens is 2. The van der Waals surface area contributed by atoms with Gasteiger partial charge in [0.1, 0.15) is 0 Å². The van der Waals surface area contributed by atoms with Crippen LogP contribution >= 0.6 is 0 Å². The van der Waals surface area contributed by atoms with Crippen molar-refractivity contribution in [2.45, 2.75) is 33.1 Å². The summed E-state index contributed by atoms with van der Waals surface area (Å²) in [7, 11) is 1.86. The third kappa shape index (κ3) is 2.42. The van der Waals surface area contributed by atoms with Crippen molar-refractivity contribution in [1.29, 1.82) is 0 Å². The highest BCUT2D eigenvalue weighted by Crippen LogP contribution is 2.27. The molecule has 0 spiro atoms. The smallest absolute Gasteiger partial charge is 0.308 e. The average Bonchev–Trinajstić information content (AvgIpc) is 2.95. The molecule has 2 heterocycles. The molecule has 1 aromatic heterocycles. The molecule has 0 bridgehead atoms. The molecule has 1 fully saturated rings. The molecule has 1 amide bonds. The van der Waals surface area contributed by atoms with Crippen LogP contribution in [-0.4, -0.2) is 44.8 Å². The van der Waals surface area contributed by atoms with Crippen molar-refractivity contribution < 1.29 is 14.7 Å². The van der Waals surface area contributed by atoms with E-state index in [0.29, 0.717) is 19.5 Å². The zero-order chi connectivity index (χ0) is 15.0. The maximum absolute atomic E-state index is 12.5. The largest absolute Gasteiger partial charge is 0.481 e. The number of nitrogens with zero attached hydrogens (tertiary/aromatic N) is 3. The van der Waals surface area contributed by atoms with Gasteiger partial charge in [-0.3, -0.25) is 14.3 Å². The van der Waals surface area contributed by atoms with Crippen molar-refractivity contribution in [3.05, 3.63) is 17.0 Å². The number of likely N-dealkylation sites (tertiary alicyclic amines) is 1. The van der Waals surface area contributed by atoms with Gasteiger partial charge in [0.05, 0.1) is 17.5 Å². The van der Waals surface area contributed by atoms with Gasteiger partial charge in [-0.05, 0) is 27.2 Å². The van der Waals surface area contributed by atoms with E-state index in [9.17, 15) is 9.59 Å². The third-order valence-electron chi connectivity index (χ3n) is 4.22. The van der Waals surface area contributed by atoms with Crippen LogP contribution in [0.25, 0.3) is 0 Å². The lowest BCUT2D eigenvalue weighted by molar-refractivity contribution is -0.141. The first-order chi connectivity index (χ1) is 9.32. The number of rotatable bonds is 3. The van der Waals surface area contributed by atoms with E-state index in [4.69, 9.17) is 5.11 Å². The minimum atomic E-state index is -0.818. The second-order valence-corrected chi connectivity index (χ2v) is 5.54. The number of aliphatic carboxylic acids is 1. The van der Waals surface area contributed by atoms with E-state index in [1.165, 1.54) is 0 Å². The molecule has 1 aliphatic heterocycles. The molecule has 0 saturated carbocycles.